The van der Waals surface area contributed by atoms with E-state index in [1.54, 1.807) is 10.8 Å². The molecule has 1 aromatic heterocycles. The predicted octanol–water partition coefficient (Wildman–Crippen LogP) is 5.09. The number of halogens is 2. The predicted molar refractivity (Wildman–Crippen MR) is 118 cm³/mol. The average Bonchev–Trinajstić information content (AvgIpc) is 3.18. The molecule has 5 nitrogen and oxygen atoms in total. The number of carbonyl (C=O) groups is 1. The Morgan fingerprint density at radius 3 is 2.43 bits per heavy atom. The van der Waals surface area contributed by atoms with Crippen molar-refractivity contribution in [3.05, 3.63) is 85.3 Å². The Kier molecular flexibility index (Phi) is 5.07. The Morgan fingerprint density at radius 1 is 1.07 bits per heavy atom. The molecular weight excluding hydrogens is 489 g/mol. The summed E-state index contributed by atoms with van der Waals surface area (Å²) in [5, 5.41) is 4.92. The summed E-state index contributed by atoms with van der Waals surface area (Å²) >= 11 is 8.77. The van der Waals surface area contributed by atoms with Crippen LogP contribution >= 0.6 is 34.2 Å². The highest BCUT2D eigenvalue weighted by Crippen LogP contribution is 2.28. The van der Waals surface area contributed by atoms with Crippen LogP contribution in [0.3, 0.4) is 0 Å². The summed E-state index contributed by atoms with van der Waals surface area (Å²) in [5.74, 6) is -0.223. The molecule has 0 saturated heterocycles. The van der Waals surface area contributed by atoms with Gasteiger partial charge in [0.25, 0.3) is 0 Å². The fraction of sp³-hybridized carbons (Fsp3) is 0.0952. The zero-order chi connectivity index (χ0) is 19.8. The van der Waals surface area contributed by atoms with Gasteiger partial charge in [0.2, 0.25) is 5.90 Å². The molecule has 0 radical (unpaired) electrons. The third-order valence-corrected chi connectivity index (χ3v) is 5.40. The highest BCUT2D eigenvalue weighted by Gasteiger charge is 2.25. The van der Waals surface area contributed by atoms with Crippen molar-refractivity contribution in [1.29, 1.82) is 0 Å². The highest BCUT2D eigenvalue weighted by molar-refractivity contribution is 14.1. The van der Waals surface area contributed by atoms with Gasteiger partial charge < -0.3 is 4.74 Å². The SMILES string of the molecule is Cc1ccc(-n2nc(C)c(/C=C3\N=C(c4ccc(I)cc4)OC3=O)c2Cl)cc1. The third kappa shape index (κ3) is 3.62. The fourth-order valence-electron chi connectivity index (χ4n) is 2.79. The van der Waals surface area contributed by atoms with Crippen LogP contribution in [-0.2, 0) is 9.53 Å². The molecule has 2 aromatic carbocycles. The van der Waals surface area contributed by atoms with Gasteiger partial charge in [-0.2, -0.15) is 5.10 Å². The molecule has 3 aromatic rings. The van der Waals surface area contributed by atoms with E-state index in [1.807, 2.05) is 62.4 Å². The van der Waals surface area contributed by atoms with Gasteiger partial charge in [-0.25, -0.2) is 14.5 Å². The van der Waals surface area contributed by atoms with E-state index >= 15 is 0 Å². The molecule has 28 heavy (non-hydrogen) atoms. The van der Waals surface area contributed by atoms with Gasteiger partial charge >= 0.3 is 5.97 Å². The molecule has 0 atom stereocenters. The zero-order valence-electron chi connectivity index (χ0n) is 15.1. The van der Waals surface area contributed by atoms with Crippen molar-refractivity contribution in [2.24, 2.45) is 4.99 Å². The standard InChI is InChI=1S/C21H15ClIN3O2/c1-12-3-9-16(10-4-12)26-19(22)17(13(2)25-26)11-18-21(27)28-20(24-18)14-5-7-15(23)8-6-14/h3-11H,1-2H3/b18-11-. The molecule has 0 saturated carbocycles. The summed E-state index contributed by atoms with van der Waals surface area (Å²) in [6.07, 6.45) is 1.62. The zero-order valence-corrected chi connectivity index (χ0v) is 18.0. The maximum atomic E-state index is 12.3. The normalized spacial score (nSPS) is 15.1. The number of ether oxygens (including phenoxy) is 1. The highest BCUT2D eigenvalue weighted by atomic mass is 127. The monoisotopic (exact) mass is 503 g/mol. The number of nitrogens with zero attached hydrogens (tertiary/aromatic N) is 3. The van der Waals surface area contributed by atoms with Gasteiger partial charge in [-0.3, -0.25) is 0 Å². The van der Waals surface area contributed by atoms with Crippen molar-refractivity contribution >= 4 is 52.1 Å². The first-order chi connectivity index (χ1) is 13.4. The van der Waals surface area contributed by atoms with Gasteiger partial charge in [0.05, 0.1) is 11.4 Å². The first-order valence-corrected chi connectivity index (χ1v) is 9.99. The molecule has 2 heterocycles. The van der Waals surface area contributed by atoms with E-state index < -0.39 is 5.97 Å². The first kappa shape index (κ1) is 18.9. The lowest BCUT2D eigenvalue weighted by Crippen LogP contribution is -2.05. The summed E-state index contributed by atoms with van der Waals surface area (Å²) in [5.41, 5.74) is 4.28. The van der Waals surface area contributed by atoms with Crippen LogP contribution in [0.2, 0.25) is 5.15 Å². The number of aryl methyl sites for hydroxylation is 2. The lowest BCUT2D eigenvalue weighted by atomic mass is 10.2. The van der Waals surface area contributed by atoms with Crippen molar-refractivity contribution < 1.29 is 9.53 Å². The quantitative estimate of drug-likeness (QED) is 0.284. The van der Waals surface area contributed by atoms with Crippen molar-refractivity contribution in [3.8, 4) is 5.69 Å². The fourth-order valence-corrected chi connectivity index (χ4v) is 3.48. The van der Waals surface area contributed by atoms with E-state index in [0.717, 1.165) is 20.4 Å². The number of esters is 1. The number of hydrogen-bond acceptors (Lipinski definition) is 4. The molecule has 7 heteroatoms. The topological polar surface area (TPSA) is 56.5 Å². The molecular formula is C21H15ClIN3O2. The lowest BCUT2D eigenvalue weighted by Gasteiger charge is -2.03. The van der Waals surface area contributed by atoms with E-state index in [4.69, 9.17) is 16.3 Å². The summed E-state index contributed by atoms with van der Waals surface area (Å²) in [6.45, 7) is 3.86. The minimum Gasteiger partial charge on any atom is -0.402 e. The Balaban J connectivity index is 1.71. The Bertz CT molecular complexity index is 1130. The third-order valence-electron chi connectivity index (χ3n) is 4.32. The van der Waals surface area contributed by atoms with E-state index in [9.17, 15) is 4.79 Å². The van der Waals surface area contributed by atoms with Gasteiger partial charge in [0.1, 0.15) is 5.15 Å². The Hall–Kier alpha value is -2.45. The summed E-state index contributed by atoms with van der Waals surface area (Å²) in [7, 11) is 0. The van der Waals surface area contributed by atoms with Crippen LogP contribution in [0.1, 0.15) is 22.4 Å². The molecule has 140 valence electrons. The molecule has 0 amide bonds. The van der Waals surface area contributed by atoms with Crippen LogP contribution in [-0.4, -0.2) is 21.6 Å². The van der Waals surface area contributed by atoms with Crippen molar-refractivity contribution in [2.75, 3.05) is 0 Å². The molecule has 4 rings (SSSR count). The van der Waals surface area contributed by atoms with E-state index in [-0.39, 0.29) is 11.6 Å². The minimum atomic E-state index is -0.507. The maximum absolute atomic E-state index is 12.3. The van der Waals surface area contributed by atoms with Crippen molar-refractivity contribution in [1.82, 2.24) is 9.78 Å². The van der Waals surface area contributed by atoms with Crippen LogP contribution in [0.4, 0.5) is 0 Å². The number of hydrogen-bond donors (Lipinski definition) is 0. The van der Waals surface area contributed by atoms with Gasteiger partial charge in [0, 0.05) is 14.7 Å². The van der Waals surface area contributed by atoms with Crippen LogP contribution in [0.25, 0.3) is 11.8 Å². The van der Waals surface area contributed by atoms with Crippen LogP contribution in [0.15, 0.2) is 59.2 Å². The van der Waals surface area contributed by atoms with Gasteiger partial charge in [0.15, 0.2) is 5.70 Å². The smallest absolute Gasteiger partial charge is 0.363 e. The summed E-state index contributed by atoms with van der Waals surface area (Å²) < 4.78 is 8.06. The molecule has 1 aliphatic rings. The number of aromatic nitrogens is 2. The number of benzene rings is 2. The molecule has 0 N–H and O–H groups in total. The summed E-state index contributed by atoms with van der Waals surface area (Å²) in [4.78, 5) is 16.6. The molecule has 0 fully saturated rings. The second kappa shape index (κ2) is 7.52. The minimum absolute atomic E-state index is 0.196. The first-order valence-electron chi connectivity index (χ1n) is 8.53. The van der Waals surface area contributed by atoms with Gasteiger partial charge in [-0.1, -0.05) is 29.3 Å². The van der Waals surface area contributed by atoms with E-state index in [0.29, 0.717) is 16.4 Å². The van der Waals surface area contributed by atoms with E-state index in [1.165, 1.54) is 0 Å². The van der Waals surface area contributed by atoms with Crippen LogP contribution < -0.4 is 0 Å². The lowest BCUT2D eigenvalue weighted by molar-refractivity contribution is -0.129. The van der Waals surface area contributed by atoms with Crippen molar-refractivity contribution in [3.63, 3.8) is 0 Å². The van der Waals surface area contributed by atoms with Crippen LogP contribution in [0.5, 0.6) is 0 Å². The Labute approximate surface area is 180 Å². The maximum Gasteiger partial charge on any atom is 0.363 e. The van der Waals surface area contributed by atoms with Gasteiger partial charge in [-0.05, 0) is 78.9 Å². The second-order valence-electron chi connectivity index (χ2n) is 6.38. The largest absolute Gasteiger partial charge is 0.402 e. The number of aliphatic imine (C=N–C) groups is 1. The molecule has 0 aliphatic carbocycles. The molecule has 0 bridgehead atoms. The van der Waals surface area contributed by atoms with Crippen molar-refractivity contribution in [2.45, 2.75) is 13.8 Å². The average molecular weight is 504 g/mol. The number of rotatable bonds is 3. The number of cyclic esters (lactones) is 1. The Morgan fingerprint density at radius 2 is 1.75 bits per heavy atom. The molecule has 0 spiro atoms. The second-order valence-corrected chi connectivity index (χ2v) is 7.98. The van der Waals surface area contributed by atoms with Gasteiger partial charge in [-0.15, -0.1) is 0 Å². The molecule has 0 unspecified atom stereocenters. The molecule has 1 aliphatic heterocycles. The van der Waals surface area contributed by atoms with E-state index in [2.05, 4.69) is 32.7 Å². The number of carbonyl (C=O) groups excluding carboxylic acids is 1. The van der Waals surface area contributed by atoms with Crippen LogP contribution in [0, 0.1) is 17.4 Å². The summed E-state index contributed by atoms with van der Waals surface area (Å²) in [6, 6.07) is 15.5.